The first-order valence-corrected chi connectivity index (χ1v) is 10.9. The maximum absolute atomic E-state index is 13.4. The SMILES string of the molecule is COC(=O)CNC(=O)Cc1ccc(NC(=O)C2(c3ccc(OC)cc3)CCCCC2)cc1. The van der Waals surface area contributed by atoms with E-state index in [-0.39, 0.29) is 24.8 Å². The standard InChI is InChI=1S/C25H30N2O5/c1-31-21-12-8-19(9-13-21)25(14-4-3-5-15-25)24(30)27-20-10-6-18(7-11-20)16-22(28)26-17-23(29)32-2/h6-13H,3-5,14-17H2,1-2H3,(H,26,28)(H,27,30). The number of hydrogen-bond donors (Lipinski definition) is 2. The molecule has 7 nitrogen and oxygen atoms in total. The van der Waals surface area contributed by atoms with Crippen molar-refractivity contribution in [1.29, 1.82) is 0 Å². The lowest BCUT2D eigenvalue weighted by atomic mass is 9.68. The molecule has 7 heteroatoms. The lowest BCUT2D eigenvalue weighted by molar-refractivity contribution is -0.141. The van der Waals surface area contributed by atoms with Crippen LogP contribution in [0.5, 0.6) is 5.75 Å². The van der Waals surface area contributed by atoms with Crippen LogP contribution in [0.2, 0.25) is 0 Å². The van der Waals surface area contributed by atoms with E-state index in [4.69, 9.17) is 4.74 Å². The summed E-state index contributed by atoms with van der Waals surface area (Å²) in [5.41, 5.74) is 1.92. The summed E-state index contributed by atoms with van der Waals surface area (Å²) in [7, 11) is 2.90. The number of amides is 2. The van der Waals surface area contributed by atoms with E-state index in [1.807, 2.05) is 24.3 Å². The molecule has 0 atom stereocenters. The number of ether oxygens (including phenoxy) is 2. The minimum absolute atomic E-state index is 0.00839. The maximum atomic E-state index is 13.4. The largest absolute Gasteiger partial charge is 0.497 e. The van der Waals surface area contributed by atoms with Crippen LogP contribution in [-0.2, 0) is 31.0 Å². The lowest BCUT2D eigenvalue weighted by Crippen LogP contribution is -2.42. The van der Waals surface area contributed by atoms with Gasteiger partial charge in [-0.1, -0.05) is 43.5 Å². The van der Waals surface area contributed by atoms with Crippen LogP contribution in [0.15, 0.2) is 48.5 Å². The fourth-order valence-corrected chi connectivity index (χ4v) is 4.16. The Labute approximate surface area is 188 Å². The minimum atomic E-state index is -0.559. The van der Waals surface area contributed by atoms with Gasteiger partial charge in [0.15, 0.2) is 0 Å². The summed E-state index contributed by atoms with van der Waals surface area (Å²) in [5, 5.41) is 5.59. The van der Waals surface area contributed by atoms with Crippen molar-refractivity contribution in [3.63, 3.8) is 0 Å². The molecule has 2 aromatic carbocycles. The zero-order chi connectivity index (χ0) is 23.0. The van der Waals surface area contributed by atoms with Crippen LogP contribution in [0, 0.1) is 0 Å². The Hall–Kier alpha value is -3.35. The number of benzene rings is 2. The minimum Gasteiger partial charge on any atom is -0.497 e. The van der Waals surface area contributed by atoms with Crippen molar-refractivity contribution in [3.8, 4) is 5.75 Å². The average Bonchev–Trinajstić information content (AvgIpc) is 2.84. The van der Waals surface area contributed by atoms with Crippen molar-refractivity contribution in [2.24, 2.45) is 0 Å². The van der Waals surface area contributed by atoms with Crippen molar-refractivity contribution in [2.75, 3.05) is 26.1 Å². The molecule has 3 rings (SSSR count). The van der Waals surface area contributed by atoms with Crippen molar-refractivity contribution in [2.45, 2.75) is 43.9 Å². The van der Waals surface area contributed by atoms with E-state index < -0.39 is 11.4 Å². The second-order valence-corrected chi connectivity index (χ2v) is 8.05. The Kier molecular flexibility index (Phi) is 7.87. The van der Waals surface area contributed by atoms with Gasteiger partial charge in [0.05, 0.1) is 26.1 Å². The highest BCUT2D eigenvalue weighted by Gasteiger charge is 2.41. The van der Waals surface area contributed by atoms with Gasteiger partial charge in [0.2, 0.25) is 11.8 Å². The van der Waals surface area contributed by atoms with Gasteiger partial charge in [-0.15, -0.1) is 0 Å². The second kappa shape index (κ2) is 10.8. The number of carbonyl (C=O) groups excluding carboxylic acids is 3. The molecule has 170 valence electrons. The Morgan fingerprint density at radius 2 is 1.56 bits per heavy atom. The molecule has 0 saturated heterocycles. The Morgan fingerprint density at radius 1 is 0.906 bits per heavy atom. The van der Waals surface area contributed by atoms with E-state index in [1.54, 1.807) is 31.4 Å². The molecule has 32 heavy (non-hydrogen) atoms. The maximum Gasteiger partial charge on any atom is 0.325 e. The molecule has 2 aromatic rings. The number of hydrogen-bond acceptors (Lipinski definition) is 5. The smallest absolute Gasteiger partial charge is 0.325 e. The molecular weight excluding hydrogens is 408 g/mol. The van der Waals surface area contributed by atoms with Gasteiger partial charge in [0, 0.05) is 5.69 Å². The summed E-state index contributed by atoms with van der Waals surface area (Å²) in [4.78, 5) is 36.5. The van der Waals surface area contributed by atoms with Crippen LogP contribution in [-0.4, -0.2) is 38.5 Å². The molecule has 0 heterocycles. The third kappa shape index (κ3) is 5.66. The first kappa shape index (κ1) is 23.3. The normalized spacial score (nSPS) is 14.8. The van der Waals surface area contributed by atoms with Gasteiger partial charge in [-0.05, 0) is 48.2 Å². The predicted octanol–water partition coefficient (Wildman–Crippen LogP) is 3.37. The second-order valence-electron chi connectivity index (χ2n) is 8.05. The van der Waals surface area contributed by atoms with E-state index in [9.17, 15) is 14.4 Å². The van der Waals surface area contributed by atoms with Crippen LogP contribution in [0.3, 0.4) is 0 Å². The summed E-state index contributed by atoms with van der Waals surface area (Å²) in [6.45, 7) is -0.156. The van der Waals surface area contributed by atoms with Gasteiger partial charge in [-0.3, -0.25) is 14.4 Å². The number of anilines is 1. The number of carbonyl (C=O) groups is 3. The fraction of sp³-hybridized carbons (Fsp3) is 0.400. The van der Waals surface area contributed by atoms with Crippen LogP contribution >= 0.6 is 0 Å². The number of rotatable bonds is 8. The summed E-state index contributed by atoms with van der Waals surface area (Å²) in [6.07, 6.45) is 4.92. The van der Waals surface area contributed by atoms with E-state index in [1.165, 1.54) is 7.11 Å². The number of methoxy groups -OCH3 is 2. The fourth-order valence-electron chi connectivity index (χ4n) is 4.16. The molecule has 0 aromatic heterocycles. The molecule has 1 aliphatic carbocycles. The van der Waals surface area contributed by atoms with Gasteiger partial charge >= 0.3 is 5.97 Å². The van der Waals surface area contributed by atoms with E-state index in [2.05, 4.69) is 15.4 Å². The number of esters is 1. The molecule has 0 spiro atoms. The van der Waals surface area contributed by atoms with E-state index in [0.29, 0.717) is 5.69 Å². The molecule has 1 aliphatic rings. The predicted molar refractivity (Wildman–Crippen MR) is 122 cm³/mol. The summed E-state index contributed by atoms with van der Waals surface area (Å²) < 4.78 is 9.77. The molecule has 0 bridgehead atoms. The molecule has 0 aliphatic heterocycles. The average molecular weight is 439 g/mol. The zero-order valence-electron chi connectivity index (χ0n) is 18.6. The zero-order valence-corrected chi connectivity index (χ0v) is 18.6. The van der Waals surface area contributed by atoms with Crippen molar-refractivity contribution in [3.05, 3.63) is 59.7 Å². The molecule has 0 unspecified atom stereocenters. The number of nitrogens with one attached hydrogen (secondary N) is 2. The van der Waals surface area contributed by atoms with Crippen LogP contribution in [0.4, 0.5) is 5.69 Å². The highest BCUT2D eigenvalue weighted by molar-refractivity contribution is 5.99. The summed E-state index contributed by atoms with van der Waals surface area (Å²) in [6, 6.07) is 15.0. The van der Waals surface area contributed by atoms with E-state index >= 15 is 0 Å². The van der Waals surface area contributed by atoms with Crippen molar-refractivity contribution < 1.29 is 23.9 Å². The van der Waals surface area contributed by atoms with Gasteiger partial charge in [-0.25, -0.2) is 0 Å². The highest BCUT2D eigenvalue weighted by Crippen LogP contribution is 2.41. The van der Waals surface area contributed by atoms with Crippen molar-refractivity contribution in [1.82, 2.24) is 5.32 Å². The Balaban J connectivity index is 1.67. The van der Waals surface area contributed by atoms with Gasteiger partial charge in [-0.2, -0.15) is 0 Å². The first-order valence-electron chi connectivity index (χ1n) is 10.9. The van der Waals surface area contributed by atoms with Crippen molar-refractivity contribution >= 4 is 23.5 Å². The van der Waals surface area contributed by atoms with Crippen LogP contribution < -0.4 is 15.4 Å². The van der Waals surface area contributed by atoms with Gasteiger partial charge < -0.3 is 20.1 Å². The molecular formula is C25H30N2O5. The monoisotopic (exact) mass is 438 g/mol. The third-order valence-corrected chi connectivity index (χ3v) is 6.02. The molecule has 2 N–H and O–H groups in total. The van der Waals surface area contributed by atoms with E-state index in [0.717, 1.165) is 49.0 Å². The first-order chi connectivity index (χ1) is 15.5. The molecule has 1 fully saturated rings. The summed E-state index contributed by atoms with van der Waals surface area (Å²) in [5.74, 6) is -0.00460. The third-order valence-electron chi connectivity index (χ3n) is 6.02. The Morgan fingerprint density at radius 3 is 2.16 bits per heavy atom. The van der Waals surface area contributed by atoms with Crippen LogP contribution in [0.1, 0.15) is 43.2 Å². The van der Waals surface area contributed by atoms with Gasteiger partial charge in [0.25, 0.3) is 0 Å². The summed E-state index contributed by atoms with van der Waals surface area (Å²) >= 11 is 0. The quantitative estimate of drug-likeness (QED) is 0.617. The topological polar surface area (TPSA) is 93.7 Å². The highest BCUT2D eigenvalue weighted by atomic mass is 16.5. The molecule has 1 saturated carbocycles. The Bertz CT molecular complexity index is 932. The van der Waals surface area contributed by atoms with Crippen LogP contribution in [0.25, 0.3) is 0 Å². The lowest BCUT2D eigenvalue weighted by Gasteiger charge is -2.36. The van der Waals surface area contributed by atoms with Gasteiger partial charge in [0.1, 0.15) is 12.3 Å². The molecule has 0 radical (unpaired) electrons. The molecule has 2 amide bonds.